The highest BCUT2D eigenvalue weighted by molar-refractivity contribution is 7.99. The molecule has 1 unspecified atom stereocenters. The van der Waals surface area contributed by atoms with Crippen LogP contribution >= 0.6 is 11.8 Å². The predicted octanol–water partition coefficient (Wildman–Crippen LogP) is 1.63. The predicted molar refractivity (Wildman–Crippen MR) is 94.0 cm³/mol. The molecule has 1 aromatic carbocycles. The monoisotopic (exact) mass is 330 g/mol. The molecule has 0 aliphatic carbocycles. The molecule has 1 aliphatic heterocycles. The first kappa shape index (κ1) is 16.1. The van der Waals surface area contributed by atoms with Crippen LogP contribution in [0.4, 0.5) is 0 Å². The van der Waals surface area contributed by atoms with Gasteiger partial charge in [0.2, 0.25) is 5.91 Å². The van der Waals surface area contributed by atoms with E-state index in [9.17, 15) is 4.79 Å². The zero-order valence-corrected chi connectivity index (χ0v) is 13.9. The fourth-order valence-electron chi connectivity index (χ4n) is 2.60. The van der Waals surface area contributed by atoms with Crippen LogP contribution in [-0.2, 0) is 11.2 Å². The second-order valence-corrected chi connectivity index (χ2v) is 6.81. The lowest BCUT2D eigenvalue weighted by atomic mass is 10.2. The molecule has 0 radical (unpaired) electrons. The second kappa shape index (κ2) is 8.17. The van der Waals surface area contributed by atoms with Crippen LogP contribution < -0.4 is 10.6 Å². The van der Waals surface area contributed by atoms with Crippen molar-refractivity contribution in [3.8, 4) is 5.69 Å². The van der Waals surface area contributed by atoms with E-state index in [4.69, 9.17) is 0 Å². The fraction of sp³-hybridized carbons (Fsp3) is 0.412. The van der Waals surface area contributed by atoms with Crippen LogP contribution in [0, 0.1) is 0 Å². The Hall–Kier alpha value is -1.79. The Kier molecular flexibility index (Phi) is 5.71. The van der Waals surface area contributed by atoms with E-state index >= 15 is 0 Å². The Morgan fingerprint density at radius 1 is 1.39 bits per heavy atom. The van der Waals surface area contributed by atoms with E-state index in [2.05, 4.69) is 15.7 Å². The number of amides is 1. The average Bonchev–Trinajstić information content (AvgIpc) is 3.05. The molecule has 5 nitrogen and oxygen atoms in total. The number of nitrogens with one attached hydrogen (secondary N) is 2. The van der Waals surface area contributed by atoms with Gasteiger partial charge in [-0.3, -0.25) is 4.79 Å². The van der Waals surface area contributed by atoms with E-state index in [0.29, 0.717) is 19.0 Å². The first-order valence-electron chi connectivity index (χ1n) is 7.98. The third kappa shape index (κ3) is 4.84. The summed E-state index contributed by atoms with van der Waals surface area (Å²) in [6.45, 7) is 1.65. The number of rotatable bonds is 6. The van der Waals surface area contributed by atoms with Crippen LogP contribution in [0.25, 0.3) is 5.69 Å². The molecule has 1 amide bonds. The quantitative estimate of drug-likeness (QED) is 0.845. The number of hydrogen-bond acceptors (Lipinski definition) is 4. The molecule has 122 valence electrons. The van der Waals surface area contributed by atoms with Crippen molar-refractivity contribution in [2.24, 2.45) is 0 Å². The van der Waals surface area contributed by atoms with Gasteiger partial charge in [0.25, 0.3) is 0 Å². The topological polar surface area (TPSA) is 59.0 Å². The number of benzene rings is 1. The van der Waals surface area contributed by atoms with E-state index in [-0.39, 0.29) is 5.91 Å². The molecule has 1 aliphatic rings. The van der Waals surface area contributed by atoms with Crippen molar-refractivity contribution >= 4 is 17.7 Å². The van der Waals surface area contributed by atoms with Gasteiger partial charge in [0, 0.05) is 43.3 Å². The molecule has 1 atom stereocenters. The van der Waals surface area contributed by atoms with E-state index in [1.807, 2.05) is 59.2 Å². The van der Waals surface area contributed by atoms with Gasteiger partial charge in [-0.1, -0.05) is 18.2 Å². The first-order chi connectivity index (χ1) is 11.3. The van der Waals surface area contributed by atoms with Gasteiger partial charge in [-0.15, -0.1) is 0 Å². The summed E-state index contributed by atoms with van der Waals surface area (Å²) in [5, 5.41) is 10.8. The molecule has 1 aromatic heterocycles. The van der Waals surface area contributed by atoms with Crippen LogP contribution in [0.3, 0.4) is 0 Å². The van der Waals surface area contributed by atoms with Crippen LogP contribution in [0.2, 0.25) is 0 Å². The van der Waals surface area contributed by atoms with Crippen molar-refractivity contribution < 1.29 is 4.79 Å². The summed E-state index contributed by atoms with van der Waals surface area (Å²) in [4.78, 5) is 11.9. The Labute approximate surface area is 140 Å². The van der Waals surface area contributed by atoms with Crippen molar-refractivity contribution in [1.29, 1.82) is 0 Å². The molecule has 2 aromatic rings. The van der Waals surface area contributed by atoms with Crippen molar-refractivity contribution in [2.75, 3.05) is 24.6 Å². The van der Waals surface area contributed by atoms with E-state index < -0.39 is 0 Å². The molecule has 0 bridgehead atoms. The normalized spacial score (nSPS) is 17.8. The number of para-hydroxylation sites is 1. The lowest BCUT2D eigenvalue weighted by Crippen LogP contribution is -2.41. The Morgan fingerprint density at radius 3 is 3.04 bits per heavy atom. The molecule has 1 fully saturated rings. The molecule has 2 heterocycles. The maximum atomic E-state index is 11.9. The summed E-state index contributed by atoms with van der Waals surface area (Å²) in [6, 6.07) is 10.3. The Morgan fingerprint density at radius 2 is 2.26 bits per heavy atom. The molecule has 3 rings (SSSR count). The summed E-state index contributed by atoms with van der Waals surface area (Å²) in [7, 11) is 0. The molecule has 2 N–H and O–H groups in total. The number of aromatic nitrogens is 2. The molecule has 0 spiro atoms. The number of hydrogen-bond donors (Lipinski definition) is 2. The number of nitrogens with zero attached hydrogens (tertiary/aromatic N) is 2. The van der Waals surface area contributed by atoms with E-state index in [0.717, 1.165) is 35.7 Å². The van der Waals surface area contributed by atoms with Crippen molar-refractivity contribution in [3.63, 3.8) is 0 Å². The van der Waals surface area contributed by atoms with Crippen molar-refractivity contribution in [1.82, 2.24) is 20.4 Å². The summed E-state index contributed by atoms with van der Waals surface area (Å²) in [5.74, 6) is 2.29. The van der Waals surface area contributed by atoms with Crippen molar-refractivity contribution in [3.05, 3.63) is 48.3 Å². The van der Waals surface area contributed by atoms with Gasteiger partial charge in [-0.2, -0.15) is 16.9 Å². The second-order valence-electron chi connectivity index (χ2n) is 5.66. The number of carbonyl (C=O) groups is 1. The van der Waals surface area contributed by atoms with Gasteiger partial charge in [-0.05, 0) is 24.1 Å². The standard InChI is InChI=1S/C17H22N4OS/c22-17(10-15-13-23-9-8-18-15)19-7-6-14-11-20-21(12-14)16-4-2-1-3-5-16/h1-5,11-12,15,18H,6-10,13H2,(H,19,22). The van der Waals surface area contributed by atoms with E-state index in [1.165, 1.54) is 0 Å². The molecular weight excluding hydrogens is 308 g/mol. The summed E-state index contributed by atoms with van der Waals surface area (Å²) < 4.78 is 1.86. The van der Waals surface area contributed by atoms with Gasteiger partial charge < -0.3 is 10.6 Å². The van der Waals surface area contributed by atoms with Gasteiger partial charge in [0.1, 0.15) is 0 Å². The van der Waals surface area contributed by atoms with E-state index in [1.54, 1.807) is 0 Å². The molecule has 0 saturated carbocycles. The van der Waals surface area contributed by atoms with Crippen LogP contribution in [0.1, 0.15) is 12.0 Å². The Balaban J connectivity index is 1.42. The van der Waals surface area contributed by atoms with Crippen LogP contribution in [0.5, 0.6) is 0 Å². The lowest BCUT2D eigenvalue weighted by Gasteiger charge is -2.22. The molecule has 23 heavy (non-hydrogen) atoms. The minimum Gasteiger partial charge on any atom is -0.356 e. The SMILES string of the molecule is O=C(CC1CSCCN1)NCCc1cnn(-c2ccccc2)c1. The number of thioether (sulfide) groups is 1. The highest BCUT2D eigenvalue weighted by Gasteiger charge is 2.16. The highest BCUT2D eigenvalue weighted by Crippen LogP contribution is 2.10. The fourth-order valence-corrected chi connectivity index (χ4v) is 3.55. The minimum absolute atomic E-state index is 0.125. The molecule has 1 saturated heterocycles. The van der Waals surface area contributed by atoms with Gasteiger partial charge >= 0.3 is 0 Å². The van der Waals surface area contributed by atoms with Crippen LogP contribution in [-0.4, -0.2) is 46.3 Å². The van der Waals surface area contributed by atoms with Gasteiger partial charge in [0.15, 0.2) is 0 Å². The third-order valence-electron chi connectivity index (χ3n) is 3.82. The summed E-state index contributed by atoms with van der Waals surface area (Å²) in [5.41, 5.74) is 2.17. The molecule has 6 heteroatoms. The summed E-state index contributed by atoms with van der Waals surface area (Å²) >= 11 is 1.91. The minimum atomic E-state index is 0.125. The van der Waals surface area contributed by atoms with Crippen molar-refractivity contribution in [2.45, 2.75) is 18.9 Å². The first-order valence-corrected chi connectivity index (χ1v) is 9.13. The smallest absolute Gasteiger partial charge is 0.221 e. The Bertz CT molecular complexity index is 623. The van der Waals surface area contributed by atoms with Gasteiger partial charge in [0.05, 0.1) is 11.9 Å². The largest absolute Gasteiger partial charge is 0.356 e. The third-order valence-corrected chi connectivity index (χ3v) is 4.95. The van der Waals surface area contributed by atoms with Gasteiger partial charge in [-0.25, -0.2) is 4.68 Å². The van der Waals surface area contributed by atoms with Crippen LogP contribution in [0.15, 0.2) is 42.7 Å². The number of carbonyl (C=O) groups excluding carboxylic acids is 1. The lowest BCUT2D eigenvalue weighted by molar-refractivity contribution is -0.121. The molecular formula is C17H22N4OS. The zero-order chi connectivity index (χ0) is 15.9. The zero-order valence-electron chi connectivity index (χ0n) is 13.1. The highest BCUT2D eigenvalue weighted by atomic mass is 32.2. The maximum absolute atomic E-state index is 11.9. The summed E-state index contributed by atoms with van der Waals surface area (Å²) in [6.07, 6.45) is 5.24. The average molecular weight is 330 g/mol. The maximum Gasteiger partial charge on any atom is 0.221 e.